The molecule has 1 N–H and O–H groups in total. The lowest BCUT2D eigenvalue weighted by molar-refractivity contribution is 0.665. The number of aryl methyl sites for hydroxylation is 4. The Morgan fingerprint density at radius 1 is 0.968 bits per heavy atom. The van der Waals surface area contributed by atoms with Gasteiger partial charge < -0.3 is 4.57 Å². The zero-order valence-electron chi connectivity index (χ0n) is 17.4. The summed E-state index contributed by atoms with van der Waals surface area (Å²) >= 11 is 0. The zero-order valence-corrected chi connectivity index (χ0v) is 17.4. The van der Waals surface area contributed by atoms with E-state index in [1.165, 1.54) is 10.1 Å². The molecule has 31 heavy (non-hydrogen) atoms. The van der Waals surface area contributed by atoms with Crippen LogP contribution in [0, 0.1) is 6.92 Å². The Morgan fingerprint density at radius 3 is 2.45 bits per heavy atom. The van der Waals surface area contributed by atoms with Crippen LogP contribution in [0.2, 0.25) is 0 Å². The van der Waals surface area contributed by atoms with E-state index in [0.717, 1.165) is 24.0 Å². The van der Waals surface area contributed by atoms with Gasteiger partial charge >= 0.3 is 5.69 Å². The van der Waals surface area contributed by atoms with Crippen molar-refractivity contribution in [1.29, 1.82) is 0 Å². The fraction of sp³-hybridized carbons (Fsp3) is 0.217. The van der Waals surface area contributed by atoms with Gasteiger partial charge in [0.05, 0.1) is 0 Å². The van der Waals surface area contributed by atoms with Gasteiger partial charge in [-0.25, -0.2) is 9.20 Å². The minimum Gasteiger partial charge on any atom is -0.302 e. The third-order valence-electron chi connectivity index (χ3n) is 5.64. The molecule has 0 saturated heterocycles. The predicted molar refractivity (Wildman–Crippen MR) is 119 cm³/mol. The van der Waals surface area contributed by atoms with Gasteiger partial charge in [-0.1, -0.05) is 60.2 Å². The van der Waals surface area contributed by atoms with Crippen molar-refractivity contribution in [2.45, 2.75) is 26.3 Å². The van der Waals surface area contributed by atoms with Gasteiger partial charge in [-0.3, -0.25) is 14.3 Å². The first-order valence-corrected chi connectivity index (χ1v) is 10.2. The minimum atomic E-state index is -0.468. The van der Waals surface area contributed by atoms with E-state index in [0.29, 0.717) is 29.3 Å². The molecule has 2 aromatic carbocycles. The third kappa shape index (κ3) is 3.16. The summed E-state index contributed by atoms with van der Waals surface area (Å²) in [5, 5.41) is 8.80. The van der Waals surface area contributed by atoms with Gasteiger partial charge in [0.25, 0.3) is 5.56 Å². The molecule has 0 bridgehead atoms. The lowest BCUT2D eigenvalue weighted by Crippen LogP contribution is -2.29. The summed E-state index contributed by atoms with van der Waals surface area (Å²) in [5.74, 6) is 1.15. The van der Waals surface area contributed by atoms with Crippen molar-refractivity contribution in [2.24, 2.45) is 7.05 Å². The van der Waals surface area contributed by atoms with Crippen LogP contribution >= 0.6 is 0 Å². The molecule has 5 rings (SSSR count). The Balaban J connectivity index is 1.69. The van der Waals surface area contributed by atoms with Crippen LogP contribution in [0.15, 0.2) is 64.2 Å². The summed E-state index contributed by atoms with van der Waals surface area (Å²) < 4.78 is 5.11. The summed E-state index contributed by atoms with van der Waals surface area (Å²) in [4.78, 5) is 27.6. The molecule has 156 valence electrons. The summed E-state index contributed by atoms with van der Waals surface area (Å²) in [6.07, 6.45) is 1.69. The maximum Gasteiger partial charge on any atom is 0.329 e. The number of imidazole rings is 1. The summed E-state index contributed by atoms with van der Waals surface area (Å²) in [6, 6.07) is 18.2. The van der Waals surface area contributed by atoms with Crippen LogP contribution in [0.1, 0.15) is 17.5 Å². The summed E-state index contributed by atoms with van der Waals surface area (Å²) in [5.41, 5.74) is 3.27. The number of benzene rings is 2. The van der Waals surface area contributed by atoms with Crippen molar-refractivity contribution in [3.8, 4) is 11.4 Å². The average Bonchev–Trinajstić information content (AvgIpc) is 3.33. The van der Waals surface area contributed by atoms with E-state index < -0.39 is 11.2 Å². The average molecular weight is 414 g/mol. The highest BCUT2D eigenvalue weighted by Crippen LogP contribution is 2.24. The Hall–Kier alpha value is -3.94. The monoisotopic (exact) mass is 414 g/mol. The van der Waals surface area contributed by atoms with Crippen molar-refractivity contribution < 1.29 is 0 Å². The number of fused-ring (bicyclic) bond motifs is 3. The molecule has 0 amide bonds. The highest BCUT2D eigenvalue weighted by Gasteiger charge is 2.22. The van der Waals surface area contributed by atoms with Crippen molar-refractivity contribution in [1.82, 2.24) is 28.7 Å². The fourth-order valence-corrected chi connectivity index (χ4v) is 4.03. The number of hydrogen-bond acceptors (Lipinski definition) is 4. The molecule has 0 spiro atoms. The zero-order chi connectivity index (χ0) is 21.5. The maximum absolute atomic E-state index is 12.8. The van der Waals surface area contributed by atoms with Crippen molar-refractivity contribution in [3.05, 3.63) is 86.6 Å². The topological polar surface area (TPSA) is 90.0 Å². The van der Waals surface area contributed by atoms with Gasteiger partial charge in [0.1, 0.15) is 0 Å². The Kier molecular flexibility index (Phi) is 4.54. The lowest BCUT2D eigenvalue weighted by atomic mass is 10.1. The molecule has 3 heterocycles. The standard InChI is InChI=1S/C23H22N6O2/c1-15-10-12-17(13-11-15)19-25-26-22-28(14-6-9-16-7-4-3-5-8-16)18-20(30)24-23(31)27(2)21(18)29(19)22/h3-5,7-8,10-13H,6,9,14H2,1-2H3,(H,24,30,31). The number of aromatic amines is 1. The van der Waals surface area contributed by atoms with Crippen molar-refractivity contribution in [2.75, 3.05) is 0 Å². The molecule has 8 nitrogen and oxygen atoms in total. The molecule has 0 radical (unpaired) electrons. The molecular formula is C23H22N6O2. The lowest BCUT2D eigenvalue weighted by Gasteiger charge is -2.05. The van der Waals surface area contributed by atoms with Crippen LogP contribution in [0.25, 0.3) is 28.3 Å². The molecule has 0 fully saturated rings. The number of aromatic nitrogens is 6. The fourth-order valence-electron chi connectivity index (χ4n) is 4.03. The van der Waals surface area contributed by atoms with Crippen molar-refractivity contribution in [3.63, 3.8) is 0 Å². The number of hydrogen-bond donors (Lipinski definition) is 1. The third-order valence-corrected chi connectivity index (χ3v) is 5.64. The van der Waals surface area contributed by atoms with E-state index in [9.17, 15) is 9.59 Å². The first kappa shape index (κ1) is 19.0. The molecular weight excluding hydrogens is 392 g/mol. The first-order chi connectivity index (χ1) is 15.0. The van der Waals surface area contributed by atoms with Gasteiger partial charge in [0, 0.05) is 19.2 Å². The normalized spacial score (nSPS) is 11.5. The number of nitrogens with one attached hydrogen (secondary N) is 1. The van der Waals surface area contributed by atoms with E-state index in [-0.39, 0.29) is 0 Å². The molecule has 0 aliphatic rings. The van der Waals surface area contributed by atoms with E-state index in [1.54, 1.807) is 11.4 Å². The van der Waals surface area contributed by atoms with E-state index in [2.05, 4.69) is 27.3 Å². The highest BCUT2D eigenvalue weighted by atomic mass is 16.2. The Morgan fingerprint density at radius 2 is 1.71 bits per heavy atom. The predicted octanol–water partition coefficient (Wildman–Crippen LogP) is 2.68. The molecule has 0 atom stereocenters. The number of rotatable bonds is 5. The molecule has 0 aliphatic heterocycles. The van der Waals surface area contributed by atoms with Crippen LogP contribution < -0.4 is 11.2 Å². The molecule has 8 heteroatoms. The highest BCUT2D eigenvalue weighted by molar-refractivity contribution is 5.79. The Bertz CT molecular complexity index is 1500. The second kappa shape index (κ2) is 7.39. The Labute approximate surface area is 177 Å². The van der Waals surface area contributed by atoms with E-state index in [1.807, 2.05) is 54.0 Å². The molecule has 3 aromatic heterocycles. The van der Waals surface area contributed by atoms with E-state index >= 15 is 0 Å². The van der Waals surface area contributed by atoms with Crippen LogP contribution in [0.3, 0.4) is 0 Å². The second-order valence-corrected chi connectivity index (χ2v) is 7.76. The number of H-pyrrole nitrogens is 1. The van der Waals surface area contributed by atoms with Crippen molar-refractivity contribution >= 4 is 16.9 Å². The van der Waals surface area contributed by atoms with Gasteiger partial charge in [0.15, 0.2) is 17.0 Å². The smallest absolute Gasteiger partial charge is 0.302 e. The molecule has 0 aliphatic carbocycles. The van der Waals surface area contributed by atoms with E-state index in [4.69, 9.17) is 0 Å². The SMILES string of the molecule is Cc1ccc(-c2nnc3n(CCCc4ccccc4)c4c(=O)[nH]c(=O)n(C)c4n23)cc1. The van der Waals surface area contributed by atoms with Gasteiger partial charge in [-0.15, -0.1) is 10.2 Å². The molecule has 5 aromatic rings. The minimum absolute atomic E-state index is 0.418. The quantitative estimate of drug-likeness (QED) is 0.479. The number of nitrogens with zero attached hydrogens (tertiary/aromatic N) is 5. The van der Waals surface area contributed by atoms with Gasteiger partial charge in [-0.2, -0.15) is 0 Å². The molecule has 0 saturated carbocycles. The van der Waals surface area contributed by atoms with Crippen LogP contribution in [0.5, 0.6) is 0 Å². The largest absolute Gasteiger partial charge is 0.329 e. The summed E-state index contributed by atoms with van der Waals surface area (Å²) in [7, 11) is 1.65. The van der Waals surface area contributed by atoms with Gasteiger partial charge in [-0.05, 0) is 25.3 Å². The van der Waals surface area contributed by atoms with Crippen LogP contribution in [-0.2, 0) is 20.0 Å². The maximum atomic E-state index is 12.8. The first-order valence-electron chi connectivity index (χ1n) is 10.2. The van der Waals surface area contributed by atoms with Crippen LogP contribution in [0.4, 0.5) is 0 Å². The van der Waals surface area contributed by atoms with Gasteiger partial charge in [0.2, 0.25) is 5.78 Å². The summed E-state index contributed by atoms with van der Waals surface area (Å²) in [6.45, 7) is 2.60. The molecule has 0 unspecified atom stereocenters. The van der Waals surface area contributed by atoms with Crippen LogP contribution in [-0.4, -0.2) is 28.7 Å². The second-order valence-electron chi connectivity index (χ2n) is 7.76.